The van der Waals surface area contributed by atoms with Gasteiger partial charge in [-0.15, -0.1) is 0 Å². The Hall–Kier alpha value is -1.65. The predicted octanol–water partition coefficient (Wildman–Crippen LogP) is 0.619. The average molecular weight is 402 g/mol. The van der Waals surface area contributed by atoms with E-state index in [-0.39, 0.29) is 11.4 Å². The molecule has 2 N–H and O–H groups in total. The maximum absolute atomic E-state index is 13.1. The molecule has 1 aromatic carbocycles. The summed E-state index contributed by atoms with van der Waals surface area (Å²) in [4.78, 5) is 12.8. The van der Waals surface area contributed by atoms with Crippen LogP contribution in [0.3, 0.4) is 0 Å². The number of hydrogen-bond acceptors (Lipinski definition) is 6. The molecule has 8 nitrogen and oxygen atoms in total. The van der Waals surface area contributed by atoms with Crippen molar-refractivity contribution in [2.45, 2.75) is 43.2 Å². The summed E-state index contributed by atoms with van der Waals surface area (Å²) in [7, 11) is -7.63. The molecule has 0 radical (unpaired) electrons. The van der Waals surface area contributed by atoms with Gasteiger partial charge in [-0.25, -0.2) is 21.1 Å². The van der Waals surface area contributed by atoms with Crippen LogP contribution in [0.5, 0.6) is 0 Å². The highest BCUT2D eigenvalue weighted by molar-refractivity contribution is 7.89. The molecule has 0 spiro atoms. The minimum Gasteiger partial charge on any atom is -0.399 e. The first kappa shape index (κ1) is 19.1. The van der Waals surface area contributed by atoms with Crippen LogP contribution in [0.15, 0.2) is 29.2 Å². The minimum absolute atomic E-state index is 0.0543. The third-order valence-corrected chi connectivity index (χ3v) is 8.10. The van der Waals surface area contributed by atoms with Gasteiger partial charge in [-0.05, 0) is 31.0 Å². The van der Waals surface area contributed by atoms with Crippen LogP contribution >= 0.6 is 0 Å². The second-order valence-corrected chi connectivity index (χ2v) is 10.6. The van der Waals surface area contributed by atoms with Crippen LogP contribution in [0.4, 0.5) is 5.69 Å². The zero-order chi connectivity index (χ0) is 19.3. The highest BCUT2D eigenvalue weighted by Gasteiger charge is 2.58. The van der Waals surface area contributed by atoms with E-state index < -0.39 is 44.0 Å². The number of hydrogen-bond donors (Lipinski definition) is 1. The number of rotatable bonds is 5. The summed E-state index contributed by atoms with van der Waals surface area (Å²) in [5.41, 5.74) is 6.04. The van der Waals surface area contributed by atoms with E-state index in [1.54, 1.807) is 12.1 Å². The fourth-order valence-electron chi connectivity index (χ4n) is 4.07. The third kappa shape index (κ3) is 2.99. The Labute approximate surface area is 154 Å². The monoisotopic (exact) mass is 401 g/mol. The normalized spacial score (nSPS) is 27.1. The molecule has 3 rings (SSSR count). The summed E-state index contributed by atoms with van der Waals surface area (Å²) in [6.07, 6.45) is 2.38. The van der Waals surface area contributed by atoms with E-state index in [0.717, 1.165) is 10.6 Å². The van der Waals surface area contributed by atoms with Crippen LogP contribution in [0, 0.1) is 5.92 Å². The van der Waals surface area contributed by atoms with E-state index in [1.165, 1.54) is 16.4 Å². The Balaban J connectivity index is 2.05. The van der Waals surface area contributed by atoms with E-state index in [2.05, 4.69) is 0 Å². The van der Waals surface area contributed by atoms with Crippen LogP contribution in [0.25, 0.3) is 0 Å². The molecule has 144 valence electrons. The number of fused-ring (bicyclic) bond motifs is 1. The lowest BCUT2D eigenvalue weighted by atomic mass is 9.95. The quantitative estimate of drug-likeness (QED) is 0.723. The van der Waals surface area contributed by atoms with Gasteiger partial charge in [0.1, 0.15) is 0 Å². The van der Waals surface area contributed by atoms with Gasteiger partial charge in [-0.1, -0.05) is 19.4 Å². The molecule has 2 aliphatic heterocycles. The van der Waals surface area contributed by atoms with Crippen molar-refractivity contribution in [1.82, 2.24) is 8.61 Å². The first-order chi connectivity index (χ1) is 12.1. The number of benzene rings is 1. The molecule has 0 saturated carbocycles. The van der Waals surface area contributed by atoms with E-state index in [1.807, 2.05) is 6.92 Å². The number of sulfonamides is 2. The fourth-order valence-corrected chi connectivity index (χ4v) is 7.02. The Kier molecular flexibility index (Phi) is 4.78. The fraction of sp³-hybridized carbons (Fsp3) is 0.562. The molecular weight excluding hydrogens is 378 g/mol. The van der Waals surface area contributed by atoms with Gasteiger partial charge >= 0.3 is 0 Å². The van der Waals surface area contributed by atoms with Gasteiger partial charge in [0.25, 0.3) is 0 Å². The lowest BCUT2D eigenvalue weighted by Gasteiger charge is -2.26. The van der Waals surface area contributed by atoms with Gasteiger partial charge in [-0.2, -0.15) is 4.31 Å². The van der Waals surface area contributed by atoms with Gasteiger partial charge in [0.05, 0.1) is 29.2 Å². The van der Waals surface area contributed by atoms with Crippen LogP contribution in [0.1, 0.15) is 26.2 Å². The average Bonchev–Trinajstić information content (AvgIpc) is 3.06. The van der Waals surface area contributed by atoms with Crippen molar-refractivity contribution < 1.29 is 21.6 Å². The standard InChI is InChI=1S/C16H23N3O5S2/c1-3-5-13-15-14(19(16(13)20)25(2,21)22)8-9-18(15)26(23,24)12-7-4-6-11(17)10-12/h4,6-7,10,13-15H,3,5,8-9,17H2,1-2H3/t13-,14+,15-/m1/s1. The molecule has 1 aromatic rings. The van der Waals surface area contributed by atoms with Crippen molar-refractivity contribution in [1.29, 1.82) is 0 Å². The first-order valence-electron chi connectivity index (χ1n) is 8.49. The number of nitrogens with two attached hydrogens (primary N) is 1. The van der Waals surface area contributed by atoms with Crippen LogP contribution in [-0.4, -0.2) is 56.2 Å². The van der Waals surface area contributed by atoms with E-state index in [4.69, 9.17) is 5.73 Å². The minimum atomic E-state index is -3.88. The zero-order valence-electron chi connectivity index (χ0n) is 14.7. The number of carbonyl (C=O) groups is 1. The molecule has 2 saturated heterocycles. The zero-order valence-corrected chi connectivity index (χ0v) is 16.3. The molecule has 26 heavy (non-hydrogen) atoms. The van der Waals surface area contributed by atoms with Gasteiger partial charge < -0.3 is 5.73 Å². The predicted molar refractivity (Wildman–Crippen MR) is 97.0 cm³/mol. The molecule has 2 heterocycles. The number of anilines is 1. The van der Waals surface area contributed by atoms with E-state index in [9.17, 15) is 21.6 Å². The lowest BCUT2D eigenvalue weighted by Crippen LogP contribution is -2.43. The number of amides is 1. The Morgan fingerprint density at radius 1 is 1.23 bits per heavy atom. The maximum atomic E-state index is 13.1. The second kappa shape index (κ2) is 6.50. The molecule has 3 atom stereocenters. The molecule has 2 fully saturated rings. The smallest absolute Gasteiger partial charge is 0.243 e. The van der Waals surface area contributed by atoms with Crippen LogP contribution in [-0.2, 0) is 24.8 Å². The van der Waals surface area contributed by atoms with E-state index >= 15 is 0 Å². The highest BCUT2D eigenvalue weighted by atomic mass is 32.2. The molecule has 0 bridgehead atoms. The second-order valence-electron chi connectivity index (χ2n) is 6.83. The SMILES string of the molecule is CCC[C@H]1C(=O)N(S(C)(=O)=O)[C@H]2CCN(S(=O)(=O)c3cccc(N)c3)[C@H]12. The molecule has 1 amide bonds. The van der Waals surface area contributed by atoms with Crippen molar-refractivity contribution in [2.75, 3.05) is 18.5 Å². The molecule has 0 aromatic heterocycles. The third-order valence-electron chi connectivity index (χ3n) is 5.04. The summed E-state index contributed by atoms with van der Waals surface area (Å²) in [5.74, 6) is -1.16. The summed E-state index contributed by atoms with van der Waals surface area (Å²) in [6.45, 7) is 2.06. The summed E-state index contributed by atoms with van der Waals surface area (Å²) in [6, 6.07) is 4.66. The Bertz CT molecular complexity index is 929. The van der Waals surface area contributed by atoms with Crippen molar-refractivity contribution in [2.24, 2.45) is 5.92 Å². The summed E-state index contributed by atoms with van der Waals surface area (Å²) >= 11 is 0. The first-order valence-corrected chi connectivity index (χ1v) is 11.8. The van der Waals surface area contributed by atoms with Crippen LogP contribution < -0.4 is 5.73 Å². The van der Waals surface area contributed by atoms with Crippen LogP contribution in [0.2, 0.25) is 0 Å². The number of nitrogen functional groups attached to an aromatic ring is 1. The van der Waals surface area contributed by atoms with E-state index in [0.29, 0.717) is 24.9 Å². The van der Waals surface area contributed by atoms with Gasteiger partial charge in [0.2, 0.25) is 26.0 Å². The molecular formula is C16H23N3O5S2. The number of nitrogens with zero attached hydrogens (tertiary/aromatic N) is 2. The topological polar surface area (TPSA) is 118 Å². The number of carbonyl (C=O) groups excluding carboxylic acids is 1. The Morgan fingerprint density at radius 3 is 2.50 bits per heavy atom. The van der Waals surface area contributed by atoms with Crippen molar-refractivity contribution in [3.63, 3.8) is 0 Å². The molecule has 2 aliphatic rings. The highest BCUT2D eigenvalue weighted by Crippen LogP contribution is 2.42. The largest absolute Gasteiger partial charge is 0.399 e. The molecule has 0 unspecified atom stereocenters. The lowest BCUT2D eigenvalue weighted by molar-refractivity contribution is -0.128. The Morgan fingerprint density at radius 2 is 1.92 bits per heavy atom. The van der Waals surface area contributed by atoms with Gasteiger partial charge in [0, 0.05) is 12.2 Å². The van der Waals surface area contributed by atoms with Gasteiger partial charge in [-0.3, -0.25) is 4.79 Å². The summed E-state index contributed by atoms with van der Waals surface area (Å²) in [5, 5.41) is 0. The van der Waals surface area contributed by atoms with Crippen molar-refractivity contribution in [3.05, 3.63) is 24.3 Å². The molecule has 0 aliphatic carbocycles. The van der Waals surface area contributed by atoms with Crippen molar-refractivity contribution >= 4 is 31.6 Å². The maximum Gasteiger partial charge on any atom is 0.243 e. The van der Waals surface area contributed by atoms with Crippen molar-refractivity contribution in [3.8, 4) is 0 Å². The summed E-state index contributed by atoms with van der Waals surface area (Å²) < 4.78 is 52.7. The molecule has 10 heteroatoms. The van der Waals surface area contributed by atoms with Gasteiger partial charge in [0.15, 0.2) is 0 Å².